The van der Waals surface area contributed by atoms with Gasteiger partial charge in [-0.1, -0.05) is 6.92 Å². The lowest BCUT2D eigenvalue weighted by Crippen LogP contribution is -2.37. The highest BCUT2D eigenvalue weighted by Gasteiger charge is 2.29. The Morgan fingerprint density at radius 2 is 2.28 bits per heavy atom. The van der Waals surface area contributed by atoms with E-state index in [1.165, 1.54) is 0 Å². The molecule has 0 aliphatic carbocycles. The van der Waals surface area contributed by atoms with Gasteiger partial charge in [0.25, 0.3) is 5.91 Å². The Balaban J connectivity index is 2.04. The van der Waals surface area contributed by atoms with Gasteiger partial charge in [0.05, 0.1) is 11.3 Å². The number of carbonyl (C=O) groups is 1. The van der Waals surface area contributed by atoms with Gasteiger partial charge in [0, 0.05) is 25.8 Å². The molecule has 5 nitrogen and oxygen atoms in total. The van der Waals surface area contributed by atoms with Crippen molar-refractivity contribution < 1.29 is 4.79 Å². The van der Waals surface area contributed by atoms with Crippen LogP contribution in [0.4, 0.5) is 0 Å². The Labute approximate surface area is 108 Å². The number of carbonyl (C=O) groups excluding carboxylic acids is 1. The third-order valence-corrected chi connectivity index (χ3v) is 3.87. The zero-order valence-corrected chi connectivity index (χ0v) is 11.6. The molecule has 1 amide bonds. The first kappa shape index (κ1) is 13.1. The molecule has 1 aromatic heterocycles. The van der Waals surface area contributed by atoms with Crippen molar-refractivity contribution in [3.05, 3.63) is 17.0 Å². The minimum atomic E-state index is -0.00812. The topological polar surface area (TPSA) is 59.0 Å². The molecule has 1 fully saturated rings. The first-order valence-corrected chi connectivity index (χ1v) is 6.42. The fraction of sp³-hybridized carbons (Fsp3) is 0.692. The van der Waals surface area contributed by atoms with Crippen LogP contribution in [-0.2, 0) is 7.05 Å². The maximum Gasteiger partial charge on any atom is 0.255 e. The van der Waals surface area contributed by atoms with Gasteiger partial charge in [-0.2, -0.15) is 5.10 Å². The fourth-order valence-electron chi connectivity index (χ4n) is 2.50. The summed E-state index contributed by atoms with van der Waals surface area (Å²) >= 11 is 0. The highest BCUT2D eigenvalue weighted by atomic mass is 16.1. The van der Waals surface area contributed by atoms with Crippen LogP contribution in [0.15, 0.2) is 0 Å². The summed E-state index contributed by atoms with van der Waals surface area (Å²) in [6.07, 6.45) is 1.11. The second kappa shape index (κ2) is 4.72. The average Bonchev–Trinajstić information content (AvgIpc) is 2.83. The summed E-state index contributed by atoms with van der Waals surface area (Å²) in [6.45, 7) is 8.73. The molecule has 1 aliphatic heterocycles. The monoisotopic (exact) mass is 250 g/mol. The number of nitrogens with one attached hydrogen (secondary N) is 2. The molecule has 1 saturated heterocycles. The summed E-state index contributed by atoms with van der Waals surface area (Å²) in [5.41, 5.74) is 2.61. The molecule has 1 aromatic rings. The molecule has 0 saturated carbocycles. The molecule has 2 rings (SSSR count). The number of hydrogen-bond acceptors (Lipinski definition) is 3. The van der Waals surface area contributed by atoms with Crippen LogP contribution in [0.5, 0.6) is 0 Å². The van der Waals surface area contributed by atoms with Crippen LogP contribution >= 0.6 is 0 Å². The van der Waals surface area contributed by atoms with Crippen molar-refractivity contribution >= 4 is 5.91 Å². The quantitative estimate of drug-likeness (QED) is 0.833. The number of aromatic nitrogens is 2. The summed E-state index contributed by atoms with van der Waals surface area (Å²) in [5, 5.41) is 10.7. The van der Waals surface area contributed by atoms with Crippen LogP contribution < -0.4 is 10.6 Å². The Hall–Kier alpha value is -1.36. The standard InChI is InChI=1S/C13H22N4O/c1-9-11(10(2)17(4)16-9)12(18)15-8-13(3)5-6-14-7-13/h14H,5-8H2,1-4H3,(H,15,18). The van der Waals surface area contributed by atoms with E-state index in [-0.39, 0.29) is 11.3 Å². The largest absolute Gasteiger partial charge is 0.351 e. The van der Waals surface area contributed by atoms with Gasteiger partial charge < -0.3 is 10.6 Å². The number of hydrogen-bond donors (Lipinski definition) is 2. The molecule has 0 aromatic carbocycles. The van der Waals surface area contributed by atoms with E-state index in [2.05, 4.69) is 22.7 Å². The van der Waals surface area contributed by atoms with Crippen molar-refractivity contribution in [1.29, 1.82) is 0 Å². The van der Waals surface area contributed by atoms with Crippen molar-refractivity contribution in [2.45, 2.75) is 27.2 Å². The lowest BCUT2D eigenvalue weighted by molar-refractivity contribution is 0.0935. The minimum Gasteiger partial charge on any atom is -0.351 e. The highest BCUT2D eigenvalue weighted by Crippen LogP contribution is 2.23. The van der Waals surface area contributed by atoms with E-state index in [9.17, 15) is 4.79 Å². The molecule has 2 N–H and O–H groups in total. The number of nitrogens with zero attached hydrogens (tertiary/aromatic N) is 2. The Morgan fingerprint density at radius 3 is 2.78 bits per heavy atom. The zero-order chi connectivity index (χ0) is 13.3. The lowest BCUT2D eigenvalue weighted by Gasteiger charge is -2.22. The zero-order valence-electron chi connectivity index (χ0n) is 11.6. The van der Waals surface area contributed by atoms with Crippen LogP contribution in [0, 0.1) is 19.3 Å². The predicted molar refractivity (Wildman–Crippen MR) is 70.6 cm³/mol. The Kier molecular flexibility index (Phi) is 3.43. The predicted octanol–water partition coefficient (Wildman–Crippen LogP) is 0.766. The third kappa shape index (κ3) is 2.41. The number of aryl methyl sites for hydroxylation is 2. The second-order valence-corrected chi connectivity index (χ2v) is 5.59. The summed E-state index contributed by atoms with van der Waals surface area (Å²) in [5.74, 6) is -0.00812. The molecule has 18 heavy (non-hydrogen) atoms. The van der Waals surface area contributed by atoms with Gasteiger partial charge in [-0.3, -0.25) is 9.48 Å². The van der Waals surface area contributed by atoms with Crippen LogP contribution in [-0.4, -0.2) is 35.3 Å². The Bertz CT molecular complexity index is 458. The van der Waals surface area contributed by atoms with Crippen molar-refractivity contribution in [1.82, 2.24) is 20.4 Å². The maximum atomic E-state index is 12.2. The first-order chi connectivity index (χ1) is 8.43. The average molecular weight is 250 g/mol. The first-order valence-electron chi connectivity index (χ1n) is 6.42. The van der Waals surface area contributed by atoms with Crippen LogP contribution in [0.1, 0.15) is 35.1 Å². The van der Waals surface area contributed by atoms with Gasteiger partial charge in [0.1, 0.15) is 0 Å². The maximum absolute atomic E-state index is 12.2. The van der Waals surface area contributed by atoms with E-state index in [1.807, 2.05) is 20.9 Å². The van der Waals surface area contributed by atoms with Crippen LogP contribution in [0.3, 0.4) is 0 Å². The van der Waals surface area contributed by atoms with Gasteiger partial charge in [0.15, 0.2) is 0 Å². The summed E-state index contributed by atoms with van der Waals surface area (Å²) < 4.78 is 1.75. The van der Waals surface area contributed by atoms with E-state index in [4.69, 9.17) is 0 Å². The molecule has 1 atom stereocenters. The molecule has 1 unspecified atom stereocenters. The smallest absolute Gasteiger partial charge is 0.255 e. The molecule has 0 radical (unpaired) electrons. The summed E-state index contributed by atoms with van der Waals surface area (Å²) in [4.78, 5) is 12.2. The summed E-state index contributed by atoms with van der Waals surface area (Å²) in [6, 6.07) is 0. The van der Waals surface area contributed by atoms with Gasteiger partial charge in [-0.05, 0) is 32.2 Å². The van der Waals surface area contributed by atoms with E-state index in [0.29, 0.717) is 12.1 Å². The molecule has 0 bridgehead atoms. The molecule has 1 aliphatic rings. The van der Waals surface area contributed by atoms with Gasteiger partial charge >= 0.3 is 0 Å². The van der Waals surface area contributed by atoms with Gasteiger partial charge in [0.2, 0.25) is 0 Å². The van der Waals surface area contributed by atoms with Gasteiger partial charge in [-0.15, -0.1) is 0 Å². The number of amides is 1. The molecular weight excluding hydrogens is 228 g/mol. The summed E-state index contributed by atoms with van der Waals surface area (Å²) in [7, 11) is 1.86. The molecule has 5 heteroatoms. The fourth-order valence-corrected chi connectivity index (χ4v) is 2.50. The van der Waals surface area contributed by atoms with Gasteiger partial charge in [-0.25, -0.2) is 0 Å². The SMILES string of the molecule is Cc1nn(C)c(C)c1C(=O)NCC1(C)CCNC1. The highest BCUT2D eigenvalue weighted by molar-refractivity contribution is 5.96. The molecular formula is C13H22N4O. The molecule has 0 spiro atoms. The van der Waals surface area contributed by atoms with Crippen molar-refractivity contribution in [2.75, 3.05) is 19.6 Å². The van der Waals surface area contributed by atoms with Crippen LogP contribution in [0.2, 0.25) is 0 Å². The van der Waals surface area contributed by atoms with E-state index in [0.717, 1.165) is 30.9 Å². The van der Waals surface area contributed by atoms with Crippen molar-refractivity contribution in [3.8, 4) is 0 Å². The molecule has 2 heterocycles. The van der Waals surface area contributed by atoms with E-state index >= 15 is 0 Å². The number of rotatable bonds is 3. The molecule has 100 valence electrons. The van der Waals surface area contributed by atoms with Crippen molar-refractivity contribution in [2.24, 2.45) is 12.5 Å². The van der Waals surface area contributed by atoms with Crippen molar-refractivity contribution in [3.63, 3.8) is 0 Å². The third-order valence-electron chi connectivity index (χ3n) is 3.87. The lowest BCUT2D eigenvalue weighted by atomic mass is 9.90. The Morgan fingerprint density at radius 1 is 1.56 bits per heavy atom. The normalized spacial score (nSPS) is 23.3. The van der Waals surface area contributed by atoms with E-state index in [1.54, 1.807) is 4.68 Å². The van der Waals surface area contributed by atoms with E-state index < -0.39 is 0 Å². The van der Waals surface area contributed by atoms with Crippen LogP contribution in [0.25, 0.3) is 0 Å². The second-order valence-electron chi connectivity index (χ2n) is 5.59. The minimum absolute atomic E-state index is 0.00812.